The summed E-state index contributed by atoms with van der Waals surface area (Å²) >= 11 is 12.7. The van der Waals surface area contributed by atoms with Gasteiger partial charge in [-0.15, -0.1) is 0 Å². The molecule has 0 spiro atoms. The molecule has 1 N–H and O–H groups in total. The number of rotatable bonds is 7. The lowest BCUT2D eigenvalue weighted by atomic mass is 9.76. The lowest BCUT2D eigenvalue weighted by molar-refractivity contribution is 0.0106. The van der Waals surface area contributed by atoms with Crippen molar-refractivity contribution in [3.05, 3.63) is 69.2 Å². The summed E-state index contributed by atoms with van der Waals surface area (Å²) in [6, 6.07) is 13.1. The van der Waals surface area contributed by atoms with Crippen LogP contribution in [0.1, 0.15) is 25.0 Å². The van der Waals surface area contributed by atoms with Crippen molar-refractivity contribution < 1.29 is 9.84 Å². The molecule has 0 aliphatic rings. The van der Waals surface area contributed by atoms with Crippen LogP contribution in [-0.2, 0) is 5.60 Å². The molecule has 0 saturated heterocycles. The minimum atomic E-state index is -1.26. The van der Waals surface area contributed by atoms with Crippen molar-refractivity contribution in [3.8, 4) is 5.75 Å². The molecule has 27 heavy (non-hydrogen) atoms. The molecule has 0 amide bonds. The van der Waals surface area contributed by atoms with E-state index >= 15 is 0 Å². The van der Waals surface area contributed by atoms with Crippen LogP contribution in [0.15, 0.2) is 48.0 Å². The summed E-state index contributed by atoms with van der Waals surface area (Å²) in [6.45, 7) is 4.63. The zero-order valence-corrected chi connectivity index (χ0v) is 18.0. The Morgan fingerprint density at radius 3 is 2.37 bits per heavy atom. The minimum Gasteiger partial charge on any atom is -0.497 e. The maximum absolute atomic E-state index is 11.9. The zero-order chi connectivity index (χ0) is 20.2. The first-order valence-corrected chi connectivity index (χ1v) is 9.60. The van der Waals surface area contributed by atoms with Crippen molar-refractivity contribution in [1.29, 1.82) is 0 Å². The zero-order valence-electron chi connectivity index (χ0n) is 16.5. The largest absolute Gasteiger partial charge is 0.497 e. The maximum Gasteiger partial charge on any atom is 0.118 e. The van der Waals surface area contributed by atoms with Gasteiger partial charge in [0, 0.05) is 18.0 Å². The summed E-state index contributed by atoms with van der Waals surface area (Å²) in [4.78, 5) is 2.05. The van der Waals surface area contributed by atoms with Crippen molar-refractivity contribution in [1.82, 2.24) is 4.90 Å². The topological polar surface area (TPSA) is 32.7 Å². The Balaban J connectivity index is 2.56. The lowest BCUT2D eigenvalue weighted by Gasteiger charge is -2.38. The molecule has 0 fully saturated rings. The monoisotopic (exact) mass is 407 g/mol. The van der Waals surface area contributed by atoms with Gasteiger partial charge in [-0.1, -0.05) is 60.5 Å². The second-order valence-electron chi connectivity index (χ2n) is 7.13. The Kier molecular flexibility index (Phi) is 7.35. The summed E-state index contributed by atoms with van der Waals surface area (Å²) in [5.41, 5.74) is 1.13. The smallest absolute Gasteiger partial charge is 0.118 e. The highest BCUT2D eigenvalue weighted by atomic mass is 35.5. The van der Waals surface area contributed by atoms with Gasteiger partial charge in [0.15, 0.2) is 0 Å². The van der Waals surface area contributed by atoms with E-state index in [9.17, 15) is 5.11 Å². The van der Waals surface area contributed by atoms with Gasteiger partial charge >= 0.3 is 0 Å². The fourth-order valence-corrected chi connectivity index (χ4v) is 3.85. The van der Waals surface area contributed by atoms with E-state index in [1.54, 1.807) is 13.2 Å². The van der Waals surface area contributed by atoms with Gasteiger partial charge in [-0.25, -0.2) is 0 Å². The highest BCUT2D eigenvalue weighted by molar-refractivity contribution is 6.42. The van der Waals surface area contributed by atoms with Gasteiger partial charge < -0.3 is 14.7 Å². The molecule has 0 aliphatic heterocycles. The Morgan fingerprint density at radius 1 is 1.19 bits per heavy atom. The van der Waals surface area contributed by atoms with Crippen LogP contribution in [0.4, 0.5) is 0 Å². The van der Waals surface area contributed by atoms with Gasteiger partial charge in [0.1, 0.15) is 11.4 Å². The van der Waals surface area contributed by atoms with E-state index in [4.69, 9.17) is 27.9 Å². The molecule has 0 saturated carbocycles. The van der Waals surface area contributed by atoms with Crippen molar-refractivity contribution in [2.24, 2.45) is 5.92 Å². The lowest BCUT2D eigenvalue weighted by Crippen LogP contribution is -2.40. The van der Waals surface area contributed by atoms with E-state index in [1.807, 2.05) is 70.4 Å². The van der Waals surface area contributed by atoms with Crippen LogP contribution < -0.4 is 4.74 Å². The van der Waals surface area contributed by atoms with E-state index in [-0.39, 0.29) is 5.92 Å². The molecule has 146 valence electrons. The summed E-state index contributed by atoms with van der Waals surface area (Å²) in [5, 5.41) is 12.7. The molecule has 0 radical (unpaired) electrons. The number of halogens is 2. The molecule has 0 aliphatic carbocycles. The van der Waals surface area contributed by atoms with Crippen molar-refractivity contribution in [3.63, 3.8) is 0 Å². The highest BCUT2D eigenvalue weighted by Crippen LogP contribution is 2.43. The fourth-order valence-electron chi connectivity index (χ4n) is 3.40. The first kappa shape index (κ1) is 21.8. The average molecular weight is 408 g/mol. The van der Waals surface area contributed by atoms with Gasteiger partial charge in [0.05, 0.1) is 17.2 Å². The quantitative estimate of drug-likeness (QED) is 0.658. The van der Waals surface area contributed by atoms with Crippen molar-refractivity contribution in [2.45, 2.75) is 19.4 Å². The second-order valence-corrected chi connectivity index (χ2v) is 7.92. The van der Waals surface area contributed by atoms with E-state index in [2.05, 4.69) is 4.90 Å². The molecular weight excluding hydrogens is 381 g/mol. The maximum atomic E-state index is 11.9. The van der Waals surface area contributed by atoms with Gasteiger partial charge in [-0.05, 0) is 50.4 Å². The highest BCUT2D eigenvalue weighted by Gasteiger charge is 2.39. The average Bonchev–Trinajstić information content (AvgIpc) is 2.63. The van der Waals surface area contributed by atoms with E-state index < -0.39 is 5.60 Å². The second kappa shape index (κ2) is 9.11. The van der Waals surface area contributed by atoms with Gasteiger partial charge in [0.2, 0.25) is 0 Å². The Morgan fingerprint density at radius 2 is 1.81 bits per heavy atom. The van der Waals surface area contributed by atoms with Gasteiger partial charge in [-0.3, -0.25) is 0 Å². The Hall–Kier alpha value is -1.52. The molecule has 2 unspecified atom stereocenters. The molecule has 0 heterocycles. The Bertz CT molecular complexity index is 802. The number of benzene rings is 2. The standard InChI is InChI=1S/C22H27Cl2NO2/c1-15(13-17-9-11-18(27-5)12-10-17)22(26,16(2)14-25(3)4)19-7-6-8-20(23)21(19)24/h6-13,16,26H,14H2,1-5H3. The van der Waals surface area contributed by atoms with E-state index in [0.29, 0.717) is 22.2 Å². The number of ether oxygens (including phenoxy) is 1. The van der Waals surface area contributed by atoms with Crippen LogP contribution in [-0.4, -0.2) is 37.8 Å². The Labute approximate surface area is 172 Å². The van der Waals surface area contributed by atoms with Crippen LogP contribution in [0.25, 0.3) is 6.08 Å². The van der Waals surface area contributed by atoms with Crippen LogP contribution in [0.3, 0.4) is 0 Å². The van der Waals surface area contributed by atoms with E-state index in [1.165, 1.54) is 0 Å². The summed E-state index contributed by atoms with van der Waals surface area (Å²) in [6.07, 6.45) is 1.98. The van der Waals surface area contributed by atoms with Crippen LogP contribution in [0, 0.1) is 5.92 Å². The third-order valence-electron chi connectivity index (χ3n) is 4.81. The minimum absolute atomic E-state index is 0.113. The number of nitrogens with zero attached hydrogens (tertiary/aromatic N) is 1. The SMILES string of the molecule is COc1ccc(C=C(C)C(O)(c2cccc(Cl)c2Cl)C(C)CN(C)C)cc1. The summed E-state index contributed by atoms with van der Waals surface area (Å²) < 4.78 is 5.21. The molecule has 0 bridgehead atoms. The molecule has 2 rings (SSSR count). The fraction of sp³-hybridized carbons (Fsp3) is 0.364. The first-order chi connectivity index (χ1) is 12.7. The molecule has 2 aromatic rings. The predicted molar refractivity (Wildman–Crippen MR) is 115 cm³/mol. The van der Waals surface area contributed by atoms with Crippen molar-refractivity contribution >= 4 is 29.3 Å². The first-order valence-electron chi connectivity index (χ1n) is 8.84. The van der Waals surface area contributed by atoms with Crippen LogP contribution in [0.2, 0.25) is 10.0 Å². The third kappa shape index (κ3) is 4.85. The molecular formula is C22H27Cl2NO2. The van der Waals surface area contributed by atoms with Gasteiger partial charge in [0.25, 0.3) is 0 Å². The normalized spacial score (nSPS) is 15.5. The number of aliphatic hydroxyl groups is 1. The summed E-state index contributed by atoms with van der Waals surface area (Å²) in [7, 11) is 5.61. The molecule has 0 aromatic heterocycles. The third-order valence-corrected chi connectivity index (χ3v) is 5.63. The molecule has 2 atom stereocenters. The molecule has 2 aromatic carbocycles. The number of methoxy groups -OCH3 is 1. The predicted octanol–water partition coefficient (Wildman–Crippen LogP) is 5.49. The van der Waals surface area contributed by atoms with Crippen LogP contribution in [0.5, 0.6) is 5.75 Å². The van der Waals surface area contributed by atoms with E-state index in [0.717, 1.165) is 16.9 Å². The van der Waals surface area contributed by atoms with Gasteiger partial charge in [-0.2, -0.15) is 0 Å². The molecule has 3 nitrogen and oxygen atoms in total. The number of hydrogen-bond donors (Lipinski definition) is 1. The number of hydrogen-bond acceptors (Lipinski definition) is 3. The molecule has 5 heteroatoms. The summed E-state index contributed by atoms with van der Waals surface area (Å²) in [5.74, 6) is 0.678. The van der Waals surface area contributed by atoms with Crippen LogP contribution >= 0.6 is 23.2 Å². The van der Waals surface area contributed by atoms with Crippen molar-refractivity contribution in [2.75, 3.05) is 27.7 Å².